The van der Waals surface area contributed by atoms with Gasteiger partial charge in [-0.05, 0) is 37.8 Å². The summed E-state index contributed by atoms with van der Waals surface area (Å²) in [7, 11) is 0. The summed E-state index contributed by atoms with van der Waals surface area (Å²) >= 11 is 1.41. The van der Waals surface area contributed by atoms with Gasteiger partial charge in [0, 0.05) is 4.88 Å². The van der Waals surface area contributed by atoms with Crippen LogP contribution >= 0.6 is 11.3 Å². The third-order valence-electron chi connectivity index (χ3n) is 2.80. The normalized spacial score (nSPS) is 12.7. The lowest BCUT2D eigenvalue weighted by atomic mass is 10.2. The van der Waals surface area contributed by atoms with Crippen molar-refractivity contribution in [2.45, 2.75) is 26.2 Å². The molecule has 1 heterocycles. The van der Waals surface area contributed by atoms with Crippen LogP contribution in [-0.4, -0.2) is 31.2 Å². The van der Waals surface area contributed by atoms with Crippen LogP contribution < -0.4 is 5.32 Å². The smallest absolute Gasteiger partial charge is 0.413 e. The van der Waals surface area contributed by atoms with Crippen LogP contribution in [0.4, 0.5) is 4.79 Å². The topological polar surface area (TPSA) is 81.7 Å². The van der Waals surface area contributed by atoms with Crippen LogP contribution in [0, 0.1) is 0 Å². The second kappa shape index (κ2) is 6.51. The van der Waals surface area contributed by atoms with Gasteiger partial charge in [0.2, 0.25) is 0 Å². The fourth-order valence-corrected chi connectivity index (χ4v) is 3.10. The molecule has 0 atom stereocenters. The Hall–Kier alpha value is -1.89. The molecule has 2 amide bonds. The van der Waals surface area contributed by atoms with Gasteiger partial charge < -0.3 is 9.47 Å². The van der Waals surface area contributed by atoms with Crippen LogP contribution in [0.15, 0.2) is 6.07 Å². The molecule has 1 aromatic heterocycles. The van der Waals surface area contributed by atoms with Gasteiger partial charge in [-0.1, -0.05) is 0 Å². The Bertz CT molecular complexity index is 515. The first-order valence-corrected chi connectivity index (χ1v) is 7.17. The van der Waals surface area contributed by atoms with Gasteiger partial charge in [0.15, 0.2) is 6.61 Å². The Morgan fingerprint density at radius 2 is 2.10 bits per heavy atom. The third kappa shape index (κ3) is 3.57. The molecule has 0 radical (unpaired) electrons. The molecule has 0 saturated carbocycles. The predicted octanol–water partition coefficient (Wildman–Crippen LogP) is 1.67. The van der Waals surface area contributed by atoms with Crippen LogP contribution in [-0.2, 0) is 27.1 Å². The lowest BCUT2D eigenvalue weighted by molar-refractivity contribution is -0.123. The van der Waals surface area contributed by atoms with E-state index in [-0.39, 0.29) is 6.61 Å². The van der Waals surface area contributed by atoms with Gasteiger partial charge >= 0.3 is 12.1 Å². The molecule has 7 heteroatoms. The quantitative estimate of drug-likeness (QED) is 0.855. The molecule has 0 aromatic carbocycles. The molecule has 0 saturated heterocycles. The van der Waals surface area contributed by atoms with Gasteiger partial charge in [-0.3, -0.25) is 10.1 Å². The van der Waals surface area contributed by atoms with Gasteiger partial charge in [-0.15, -0.1) is 11.3 Å². The molecule has 0 unspecified atom stereocenters. The summed E-state index contributed by atoms with van der Waals surface area (Å²) < 4.78 is 9.39. The number of nitrogens with one attached hydrogen (secondary N) is 1. The highest BCUT2D eigenvalue weighted by molar-refractivity contribution is 7.14. The van der Waals surface area contributed by atoms with Crippen molar-refractivity contribution in [3.05, 3.63) is 21.4 Å². The molecule has 1 aliphatic carbocycles. The first kappa shape index (κ1) is 14.5. The molecule has 0 spiro atoms. The number of fused-ring (bicyclic) bond motifs is 1. The van der Waals surface area contributed by atoms with Crippen molar-refractivity contribution in [1.29, 1.82) is 0 Å². The van der Waals surface area contributed by atoms with E-state index < -0.39 is 24.6 Å². The van der Waals surface area contributed by atoms with Crippen LogP contribution in [0.25, 0.3) is 0 Å². The molecule has 1 aliphatic rings. The summed E-state index contributed by atoms with van der Waals surface area (Å²) in [6.07, 6.45) is 2.26. The van der Waals surface area contributed by atoms with Crippen molar-refractivity contribution >= 4 is 29.3 Å². The lowest BCUT2D eigenvalue weighted by Gasteiger charge is -2.04. The van der Waals surface area contributed by atoms with E-state index in [0.717, 1.165) is 19.3 Å². The second-order valence-corrected chi connectivity index (χ2v) is 5.39. The van der Waals surface area contributed by atoms with Gasteiger partial charge in [0.05, 0.1) is 6.61 Å². The summed E-state index contributed by atoms with van der Waals surface area (Å²) in [5.41, 5.74) is 1.19. The number of carbonyl (C=O) groups excluding carboxylic acids is 3. The number of carbonyl (C=O) groups is 3. The second-order valence-electron chi connectivity index (χ2n) is 4.26. The summed E-state index contributed by atoms with van der Waals surface area (Å²) in [6.45, 7) is 1.29. The first-order chi connectivity index (χ1) is 9.60. The predicted molar refractivity (Wildman–Crippen MR) is 71.8 cm³/mol. The van der Waals surface area contributed by atoms with E-state index in [1.807, 2.05) is 11.4 Å². The lowest BCUT2D eigenvalue weighted by Crippen LogP contribution is -2.34. The maximum atomic E-state index is 11.8. The van der Waals surface area contributed by atoms with E-state index in [2.05, 4.69) is 4.74 Å². The first-order valence-electron chi connectivity index (χ1n) is 6.35. The monoisotopic (exact) mass is 297 g/mol. The fourth-order valence-electron chi connectivity index (χ4n) is 1.95. The largest absolute Gasteiger partial charge is 0.451 e. The number of esters is 1. The third-order valence-corrected chi connectivity index (χ3v) is 4.02. The summed E-state index contributed by atoms with van der Waals surface area (Å²) in [5, 5.41) is 1.95. The minimum absolute atomic E-state index is 0.166. The molecule has 20 heavy (non-hydrogen) atoms. The molecule has 0 aliphatic heterocycles. The number of ether oxygens (including phenoxy) is 2. The minimum atomic E-state index is -0.844. The Morgan fingerprint density at radius 3 is 2.80 bits per heavy atom. The van der Waals surface area contributed by atoms with E-state index in [4.69, 9.17) is 4.74 Å². The molecule has 0 fully saturated rings. The number of hydrogen-bond donors (Lipinski definition) is 1. The van der Waals surface area contributed by atoms with Crippen LogP contribution in [0.3, 0.4) is 0 Å². The number of amides is 2. The molecular weight excluding hydrogens is 282 g/mol. The molecular formula is C13H15NO5S. The van der Waals surface area contributed by atoms with Gasteiger partial charge in [0.1, 0.15) is 4.88 Å². The standard InChI is InChI=1S/C13H15NO5S/c1-2-18-13(17)14-11(15)7-19-12(16)10-6-8-4-3-5-9(8)20-10/h6H,2-5,7H2,1H3,(H,14,15,17). The number of thiophene rings is 1. The number of rotatable bonds is 4. The molecule has 1 aromatic rings. The van der Waals surface area contributed by atoms with Gasteiger partial charge in [-0.25, -0.2) is 9.59 Å². The van der Waals surface area contributed by atoms with Crippen molar-refractivity contribution < 1.29 is 23.9 Å². The molecule has 108 valence electrons. The Morgan fingerprint density at radius 1 is 1.30 bits per heavy atom. The number of hydrogen-bond acceptors (Lipinski definition) is 6. The molecule has 2 rings (SSSR count). The van der Waals surface area contributed by atoms with E-state index in [0.29, 0.717) is 4.88 Å². The summed E-state index contributed by atoms with van der Waals surface area (Å²) in [4.78, 5) is 35.8. The minimum Gasteiger partial charge on any atom is -0.451 e. The zero-order chi connectivity index (χ0) is 14.5. The fraction of sp³-hybridized carbons (Fsp3) is 0.462. The Labute approximate surface area is 120 Å². The highest BCUT2D eigenvalue weighted by Gasteiger charge is 2.20. The Kier molecular flexibility index (Phi) is 4.73. The van der Waals surface area contributed by atoms with E-state index in [1.54, 1.807) is 6.92 Å². The maximum Gasteiger partial charge on any atom is 0.413 e. The molecule has 6 nitrogen and oxygen atoms in total. The van der Waals surface area contributed by atoms with E-state index >= 15 is 0 Å². The molecule has 1 N–H and O–H groups in total. The number of alkyl carbamates (subject to hydrolysis) is 1. The Balaban J connectivity index is 1.79. The number of aryl methyl sites for hydroxylation is 2. The van der Waals surface area contributed by atoms with Crippen molar-refractivity contribution in [3.8, 4) is 0 Å². The van der Waals surface area contributed by atoms with E-state index in [9.17, 15) is 14.4 Å². The highest BCUT2D eigenvalue weighted by Crippen LogP contribution is 2.30. The maximum absolute atomic E-state index is 11.8. The zero-order valence-electron chi connectivity index (χ0n) is 11.1. The average Bonchev–Trinajstić information content (AvgIpc) is 2.96. The van der Waals surface area contributed by atoms with Gasteiger partial charge in [-0.2, -0.15) is 0 Å². The average molecular weight is 297 g/mol. The zero-order valence-corrected chi connectivity index (χ0v) is 11.9. The van der Waals surface area contributed by atoms with Gasteiger partial charge in [0.25, 0.3) is 5.91 Å². The van der Waals surface area contributed by atoms with Crippen LogP contribution in [0.1, 0.15) is 33.5 Å². The van der Waals surface area contributed by atoms with Crippen molar-refractivity contribution in [2.75, 3.05) is 13.2 Å². The summed E-state index contributed by atoms with van der Waals surface area (Å²) in [6, 6.07) is 1.82. The van der Waals surface area contributed by atoms with Crippen molar-refractivity contribution in [3.63, 3.8) is 0 Å². The van der Waals surface area contributed by atoms with Crippen LogP contribution in [0.5, 0.6) is 0 Å². The number of imide groups is 1. The van der Waals surface area contributed by atoms with E-state index in [1.165, 1.54) is 21.8 Å². The van der Waals surface area contributed by atoms with Crippen molar-refractivity contribution in [1.82, 2.24) is 5.32 Å². The molecule has 0 bridgehead atoms. The SMILES string of the molecule is CCOC(=O)NC(=O)COC(=O)c1cc2c(s1)CCC2. The van der Waals surface area contributed by atoms with Crippen LogP contribution in [0.2, 0.25) is 0 Å². The highest BCUT2D eigenvalue weighted by atomic mass is 32.1. The summed E-state index contributed by atoms with van der Waals surface area (Å²) in [5.74, 6) is -1.25. The van der Waals surface area contributed by atoms with Crippen molar-refractivity contribution in [2.24, 2.45) is 0 Å².